The number of aliphatic hydroxyl groups is 5. The Balaban J connectivity index is 1.81. The van der Waals surface area contributed by atoms with Crippen LogP contribution in [0.3, 0.4) is 0 Å². The molecule has 0 aromatic heterocycles. The first-order chi connectivity index (χ1) is 27.4. The van der Waals surface area contributed by atoms with Crippen LogP contribution >= 0.6 is 0 Å². The summed E-state index contributed by atoms with van der Waals surface area (Å²) in [5.74, 6) is -3.14. The summed E-state index contributed by atoms with van der Waals surface area (Å²) in [6.07, 6.45) is -9.73. The van der Waals surface area contributed by atoms with Gasteiger partial charge in [0.1, 0.15) is 30.0 Å². The van der Waals surface area contributed by atoms with Crippen molar-refractivity contribution in [1.29, 1.82) is 0 Å². The molecule has 0 saturated carbocycles. The first kappa shape index (κ1) is 49.4. The quantitative estimate of drug-likeness (QED) is 0.240. The number of rotatable bonds is 8. The van der Waals surface area contributed by atoms with Crippen LogP contribution in [-0.2, 0) is 33.2 Å². The first-order valence-electron chi connectivity index (χ1n) is 21.3. The number of benzene rings is 1. The fourth-order valence-electron chi connectivity index (χ4n) is 9.54. The van der Waals surface area contributed by atoms with Crippen LogP contribution < -0.4 is 0 Å². The van der Waals surface area contributed by atoms with Crippen molar-refractivity contribution in [3.05, 3.63) is 35.9 Å². The number of cyclic esters (lactones) is 1. The number of carbonyl (C=O) groups excluding carboxylic acids is 2. The van der Waals surface area contributed by atoms with Crippen LogP contribution in [0.4, 0.5) is 0 Å². The standard InChI is InChI=1S/C44H74N2O13/c1-14-32-44(10,53)36(48)28(6)45(11)23-24(2)21-42(8,52)38(59-41-34(47)31(20-25(3)55-41)46(12)39(50)30-18-16-15-17-19-30)26(4)35(27(5)40(51)57-32)58-33-22-43(9,54-13)37(49)29(7)56-33/h15-19,24-29,31-38,41,47-49,52-53H,14,20-23H2,1-13H3/t24-,25-,26?,27-,28-,29+,31+,32-,33+,34-,35+,36-,37+,38-,41+,42-,43-,44-/m1/s1. The summed E-state index contributed by atoms with van der Waals surface area (Å²) in [5, 5.41) is 59.0. The Hall–Kier alpha value is -2.28. The second-order valence-electron chi connectivity index (χ2n) is 18.5. The van der Waals surface area contributed by atoms with E-state index in [2.05, 4.69) is 0 Å². The van der Waals surface area contributed by atoms with E-state index in [0.717, 1.165) is 0 Å². The highest BCUT2D eigenvalue weighted by Gasteiger charge is 2.53. The van der Waals surface area contributed by atoms with Gasteiger partial charge in [0.25, 0.3) is 5.91 Å². The van der Waals surface area contributed by atoms with Gasteiger partial charge < -0.3 is 63.8 Å². The summed E-state index contributed by atoms with van der Waals surface area (Å²) in [6, 6.07) is 7.49. The number of carbonyl (C=O) groups is 2. The molecule has 5 N–H and O–H groups in total. The summed E-state index contributed by atoms with van der Waals surface area (Å²) in [6.45, 7) is 17.7. The van der Waals surface area contributed by atoms with Crippen LogP contribution in [0.5, 0.6) is 0 Å². The van der Waals surface area contributed by atoms with Gasteiger partial charge in [0.15, 0.2) is 12.6 Å². The van der Waals surface area contributed by atoms with Crippen molar-refractivity contribution in [3.8, 4) is 0 Å². The molecule has 3 saturated heterocycles. The fourth-order valence-corrected chi connectivity index (χ4v) is 9.54. The number of ether oxygens (including phenoxy) is 6. The minimum absolute atomic E-state index is 0.0904. The van der Waals surface area contributed by atoms with E-state index in [1.165, 1.54) is 18.9 Å². The summed E-state index contributed by atoms with van der Waals surface area (Å²) >= 11 is 0. The van der Waals surface area contributed by atoms with Crippen molar-refractivity contribution >= 4 is 11.9 Å². The number of hydrogen-bond acceptors (Lipinski definition) is 14. The van der Waals surface area contributed by atoms with Gasteiger partial charge in [-0.1, -0.05) is 39.0 Å². The predicted molar refractivity (Wildman–Crippen MR) is 219 cm³/mol. The summed E-state index contributed by atoms with van der Waals surface area (Å²) in [7, 11) is 4.94. The van der Waals surface area contributed by atoms with Crippen molar-refractivity contribution in [1.82, 2.24) is 9.80 Å². The molecule has 59 heavy (non-hydrogen) atoms. The van der Waals surface area contributed by atoms with Crippen molar-refractivity contribution in [2.45, 2.75) is 185 Å². The maximum atomic E-state index is 14.3. The van der Waals surface area contributed by atoms with Gasteiger partial charge >= 0.3 is 5.97 Å². The molecular formula is C44H74N2O13. The van der Waals surface area contributed by atoms with Crippen LogP contribution in [0.2, 0.25) is 0 Å². The zero-order valence-corrected chi connectivity index (χ0v) is 37.5. The lowest BCUT2D eigenvalue weighted by molar-refractivity contribution is -0.317. The van der Waals surface area contributed by atoms with Crippen LogP contribution in [-0.4, -0.2) is 165 Å². The van der Waals surface area contributed by atoms with Gasteiger partial charge in [-0.2, -0.15) is 0 Å². The van der Waals surface area contributed by atoms with E-state index in [4.69, 9.17) is 28.4 Å². The smallest absolute Gasteiger partial charge is 0.311 e. The Morgan fingerprint density at radius 2 is 1.58 bits per heavy atom. The van der Waals surface area contributed by atoms with Crippen LogP contribution in [0.25, 0.3) is 0 Å². The van der Waals surface area contributed by atoms with Crippen LogP contribution in [0, 0.1) is 17.8 Å². The van der Waals surface area contributed by atoms with Gasteiger partial charge in [-0.05, 0) is 92.8 Å². The number of aliphatic hydroxyl groups excluding tert-OH is 3. The Morgan fingerprint density at radius 1 is 0.949 bits per heavy atom. The summed E-state index contributed by atoms with van der Waals surface area (Å²) in [4.78, 5) is 31.3. The minimum Gasteiger partial charge on any atom is -0.459 e. The molecule has 18 atom stereocenters. The molecule has 3 aliphatic heterocycles. The maximum absolute atomic E-state index is 14.3. The Kier molecular flexibility index (Phi) is 16.6. The van der Waals surface area contributed by atoms with Crippen molar-refractivity contribution in [2.24, 2.45) is 17.8 Å². The molecule has 4 rings (SSSR count). The Labute approximate surface area is 351 Å². The Bertz CT molecular complexity index is 1520. The number of nitrogens with zero attached hydrogens (tertiary/aromatic N) is 2. The van der Waals surface area contributed by atoms with Crippen LogP contribution in [0.1, 0.15) is 105 Å². The van der Waals surface area contributed by atoms with Crippen molar-refractivity contribution < 1.29 is 63.5 Å². The van der Waals surface area contributed by atoms with E-state index >= 15 is 0 Å². The lowest BCUT2D eigenvalue weighted by atomic mass is 9.77. The number of esters is 1. The van der Waals surface area contributed by atoms with E-state index in [0.29, 0.717) is 18.5 Å². The average molecular weight is 839 g/mol. The summed E-state index contributed by atoms with van der Waals surface area (Å²) in [5.41, 5.74) is -4.10. The third-order valence-electron chi connectivity index (χ3n) is 13.4. The number of amides is 1. The molecule has 0 radical (unpaired) electrons. The average Bonchev–Trinajstić information content (AvgIpc) is 3.18. The molecule has 3 fully saturated rings. The van der Waals surface area contributed by atoms with Gasteiger partial charge in [0, 0.05) is 44.6 Å². The zero-order valence-electron chi connectivity index (χ0n) is 37.5. The van der Waals surface area contributed by atoms with E-state index in [-0.39, 0.29) is 31.1 Å². The fraction of sp³-hybridized carbons (Fsp3) is 0.818. The molecule has 1 unspecified atom stereocenters. The van der Waals surface area contributed by atoms with Gasteiger partial charge in [-0.3, -0.25) is 9.59 Å². The topological polar surface area (TPSA) is 197 Å². The molecule has 1 aromatic carbocycles. The first-order valence-corrected chi connectivity index (χ1v) is 21.3. The molecule has 0 bridgehead atoms. The zero-order chi connectivity index (χ0) is 44.4. The van der Waals surface area contributed by atoms with Gasteiger partial charge in [-0.25, -0.2) is 0 Å². The third kappa shape index (κ3) is 11.0. The second kappa shape index (κ2) is 19.8. The number of hydrogen-bond donors (Lipinski definition) is 5. The second-order valence-corrected chi connectivity index (χ2v) is 18.5. The molecule has 1 amide bonds. The number of likely N-dealkylation sites (N-methyl/N-ethyl adjacent to an activating group) is 2. The molecule has 0 spiro atoms. The molecular weight excluding hydrogens is 764 g/mol. The normalized spacial score (nSPS) is 44.8. The van der Waals surface area contributed by atoms with Gasteiger partial charge in [0.2, 0.25) is 0 Å². The maximum Gasteiger partial charge on any atom is 0.311 e. The van der Waals surface area contributed by atoms with E-state index < -0.39 is 108 Å². The van der Waals surface area contributed by atoms with Gasteiger partial charge in [0.05, 0.1) is 47.6 Å². The predicted octanol–water partition coefficient (Wildman–Crippen LogP) is 3.11. The van der Waals surface area contributed by atoms with Crippen molar-refractivity contribution in [3.63, 3.8) is 0 Å². The highest BCUT2D eigenvalue weighted by molar-refractivity contribution is 5.94. The Morgan fingerprint density at radius 3 is 2.17 bits per heavy atom. The third-order valence-corrected chi connectivity index (χ3v) is 13.4. The van der Waals surface area contributed by atoms with Crippen LogP contribution in [0.15, 0.2) is 30.3 Å². The van der Waals surface area contributed by atoms with Crippen molar-refractivity contribution in [2.75, 3.05) is 27.7 Å². The number of methoxy groups -OCH3 is 1. The van der Waals surface area contributed by atoms with E-state index in [1.807, 2.05) is 31.9 Å². The largest absolute Gasteiger partial charge is 0.459 e. The molecule has 15 heteroatoms. The van der Waals surface area contributed by atoms with E-state index in [1.54, 1.807) is 79.8 Å². The molecule has 338 valence electrons. The molecule has 3 heterocycles. The molecule has 3 aliphatic rings. The lowest BCUT2D eigenvalue weighted by Gasteiger charge is -2.49. The summed E-state index contributed by atoms with van der Waals surface area (Å²) < 4.78 is 37.8. The monoisotopic (exact) mass is 839 g/mol. The minimum atomic E-state index is -1.84. The SMILES string of the molecule is CC[C@H]1OC(=O)[C@H](C)[C@@H](O[C@H]2C[C@@](C)(OC)[C@@H](O)[C@H](C)O2)C(C)[C@@H](O[C@@H]2O[C@H](C)C[C@H](N(C)C(=O)c3ccccc3)[C@H]2O)[C@](C)(O)C[C@@H](C)CN(C)[C@H](C)[C@@H](O)[C@]1(C)O. The molecule has 1 aromatic rings. The highest BCUT2D eigenvalue weighted by atomic mass is 16.7. The molecule has 15 nitrogen and oxygen atoms in total. The van der Waals surface area contributed by atoms with E-state index in [9.17, 15) is 35.1 Å². The molecule has 0 aliphatic carbocycles. The van der Waals surface area contributed by atoms with Gasteiger partial charge in [-0.15, -0.1) is 0 Å². The highest BCUT2D eigenvalue weighted by Crippen LogP contribution is 2.40. The lowest BCUT2D eigenvalue weighted by Crippen LogP contribution is -2.61.